The summed E-state index contributed by atoms with van der Waals surface area (Å²) in [4.78, 5) is 13.2. The van der Waals surface area contributed by atoms with Gasteiger partial charge in [-0.2, -0.15) is 0 Å². The Morgan fingerprint density at radius 2 is 1.44 bits per heavy atom. The minimum Gasteiger partial charge on any atom is -0.316 e. The van der Waals surface area contributed by atoms with Crippen LogP contribution in [0.4, 0.5) is 11.4 Å². The maximum atomic E-state index is 5.53. The molecule has 9 rings (SSSR count). The van der Waals surface area contributed by atoms with Gasteiger partial charge < -0.3 is 4.90 Å². The van der Waals surface area contributed by atoms with E-state index in [0.717, 1.165) is 33.6 Å². The summed E-state index contributed by atoms with van der Waals surface area (Å²) in [6.07, 6.45) is 4.44. The van der Waals surface area contributed by atoms with Crippen LogP contribution in [0.2, 0.25) is 0 Å². The van der Waals surface area contributed by atoms with Crippen molar-refractivity contribution < 1.29 is 0 Å². The summed E-state index contributed by atoms with van der Waals surface area (Å²) in [5.41, 5.74) is 7.87. The fourth-order valence-corrected chi connectivity index (χ4v) is 7.49. The lowest BCUT2D eigenvalue weighted by molar-refractivity contribution is 0.654. The van der Waals surface area contributed by atoms with E-state index in [9.17, 15) is 0 Å². The monoisotopic (exact) mass is 544 g/mol. The number of thiophene rings is 1. The van der Waals surface area contributed by atoms with E-state index in [2.05, 4.69) is 136 Å². The summed E-state index contributed by atoms with van der Waals surface area (Å²) in [6.45, 7) is 0. The molecule has 2 atom stereocenters. The molecule has 0 saturated carbocycles. The number of allylic oxidation sites excluding steroid dienone is 1. The number of pyridine rings is 1. The van der Waals surface area contributed by atoms with E-state index in [1.807, 2.05) is 6.07 Å². The molecule has 3 aromatic heterocycles. The first-order valence-electron chi connectivity index (χ1n) is 13.9. The molecule has 5 heteroatoms. The first-order chi connectivity index (χ1) is 20.3. The molecular formula is C36H24N4S. The third kappa shape index (κ3) is 3.33. The second kappa shape index (κ2) is 8.75. The molecule has 5 heterocycles. The third-order valence-electron chi connectivity index (χ3n) is 8.40. The maximum absolute atomic E-state index is 5.53. The van der Waals surface area contributed by atoms with Gasteiger partial charge in [-0.15, -0.1) is 11.3 Å². The van der Waals surface area contributed by atoms with Crippen molar-refractivity contribution in [1.29, 1.82) is 0 Å². The molecule has 4 nitrogen and oxygen atoms in total. The molecule has 0 fully saturated rings. The number of anilines is 2. The Bertz CT molecular complexity index is 2190. The number of para-hydroxylation sites is 2. The first kappa shape index (κ1) is 22.8. The number of nitrogens with zero attached hydrogens (tertiary/aromatic N) is 4. The highest BCUT2D eigenvalue weighted by molar-refractivity contribution is 7.17. The lowest BCUT2D eigenvalue weighted by Crippen LogP contribution is -2.32. The van der Waals surface area contributed by atoms with Crippen LogP contribution >= 0.6 is 11.3 Å². The highest BCUT2D eigenvalue weighted by Crippen LogP contribution is 2.50. The molecule has 0 radical (unpaired) electrons. The van der Waals surface area contributed by atoms with Crippen molar-refractivity contribution in [1.82, 2.24) is 9.55 Å². The van der Waals surface area contributed by atoms with Crippen LogP contribution in [0.15, 0.2) is 138 Å². The molecule has 0 aliphatic carbocycles. The van der Waals surface area contributed by atoms with Crippen molar-refractivity contribution in [2.24, 2.45) is 4.99 Å². The number of benzene rings is 4. The largest absolute Gasteiger partial charge is 0.316 e. The van der Waals surface area contributed by atoms with Crippen LogP contribution in [0.3, 0.4) is 0 Å². The van der Waals surface area contributed by atoms with Crippen LogP contribution in [0.1, 0.15) is 11.5 Å². The van der Waals surface area contributed by atoms with E-state index in [4.69, 9.17) is 9.98 Å². The number of dihydropyridines is 1. The van der Waals surface area contributed by atoms with E-state index in [1.54, 1.807) is 11.3 Å². The highest BCUT2D eigenvalue weighted by Gasteiger charge is 2.40. The molecular weight excluding hydrogens is 520 g/mol. The van der Waals surface area contributed by atoms with Crippen molar-refractivity contribution in [2.75, 3.05) is 4.90 Å². The van der Waals surface area contributed by atoms with E-state index in [0.29, 0.717) is 0 Å². The van der Waals surface area contributed by atoms with Crippen molar-refractivity contribution >= 4 is 60.6 Å². The van der Waals surface area contributed by atoms with Gasteiger partial charge in [-0.05, 0) is 42.0 Å². The Morgan fingerprint density at radius 3 is 2.37 bits per heavy atom. The number of aliphatic imine (C=N–C) groups is 1. The SMILES string of the molecule is C1=CC2c3ccccc3N(c3csc4ccccc34)C2N=C1n1c2ccccc2c2ccc(-c3ccccc3)nc21. The Balaban J connectivity index is 1.27. The van der Waals surface area contributed by atoms with Crippen molar-refractivity contribution in [2.45, 2.75) is 12.1 Å². The van der Waals surface area contributed by atoms with Gasteiger partial charge in [0.2, 0.25) is 0 Å². The highest BCUT2D eigenvalue weighted by atomic mass is 32.1. The Kier molecular flexibility index (Phi) is 4.86. The van der Waals surface area contributed by atoms with Gasteiger partial charge in [0, 0.05) is 43.4 Å². The van der Waals surface area contributed by atoms with Gasteiger partial charge in [-0.25, -0.2) is 9.98 Å². The minimum absolute atomic E-state index is 0.0843. The van der Waals surface area contributed by atoms with Crippen LogP contribution in [0.25, 0.3) is 43.3 Å². The number of fused-ring (bicyclic) bond motifs is 7. The van der Waals surface area contributed by atoms with Gasteiger partial charge in [-0.3, -0.25) is 4.57 Å². The third-order valence-corrected chi connectivity index (χ3v) is 9.35. The smallest absolute Gasteiger partial charge is 0.147 e. The fraction of sp³-hybridized carbons (Fsp3) is 0.0556. The van der Waals surface area contributed by atoms with E-state index in [-0.39, 0.29) is 12.1 Å². The molecule has 2 aliphatic heterocycles. The Hall–Kier alpha value is -5.00. The van der Waals surface area contributed by atoms with Gasteiger partial charge in [-0.1, -0.05) is 91.0 Å². The molecule has 0 amide bonds. The molecule has 41 heavy (non-hydrogen) atoms. The van der Waals surface area contributed by atoms with E-state index < -0.39 is 0 Å². The molecule has 7 aromatic rings. The number of hydrogen-bond acceptors (Lipinski definition) is 4. The summed E-state index contributed by atoms with van der Waals surface area (Å²) in [7, 11) is 0. The fourth-order valence-electron chi connectivity index (χ4n) is 6.56. The predicted octanol–water partition coefficient (Wildman–Crippen LogP) is 9.15. The summed E-state index contributed by atoms with van der Waals surface area (Å²) >= 11 is 1.79. The normalized spacial score (nSPS) is 17.8. The Morgan fingerprint density at radius 1 is 0.659 bits per heavy atom. The Labute approximate surface area is 241 Å². The van der Waals surface area contributed by atoms with Crippen molar-refractivity contribution in [3.63, 3.8) is 0 Å². The zero-order valence-corrected chi connectivity index (χ0v) is 22.9. The quantitative estimate of drug-likeness (QED) is 0.217. The minimum atomic E-state index is -0.0843. The number of rotatable bonds is 2. The van der Waals surface area contributed by atoms with E-state index >= 15 is 0 Å². The van der Waals surface area contributed by atoms with Gasteiger partial charge in [0.15, 0.2) is 0 Å². The average Bonchev–Trinajstić information content (AvgIpc) is 3.70. The summed E-state index contributed by atoms with van der Waals surface area (Å²) < 4.78 is 3.54. The lowest BCUT2D eigenvalue weighted by atomic mass is 9.97. The summed E-state index contributed by atoms with van der Waals surface area (Å²) in [6, 6.07) is 40.7. The first-order valence-corrected chi connectivity index (χ1v) is 14.8. The zero-order chi connectivity index (χ0) is 26.9. The molecule has 0 saturated heterocycles. The molecule has 0 N–H and O–H groups in total. The van der Waals surface area contributed by atoms with Crippen LogP contribution in [0.5, 0.6) is 0 Å². The zero-order valence-electron chi connectivity index (χ0n) is 22.1. The molecule has 0 spiro atoms. The standard InChI is InChI=1S/C36H24N4S/c1-2-10-23(11-3-1)29-20-18-26-25-13-5-8-16-31(25)40(35(26)37-29)34-21-19-27-24-12-4-7-15-30(24)39(36(27)38-34)32-22-41-33-17-9-6-14-28(32)33/h1-22,27,36H. The topological polar surface area (TPSA) is 33.4 Å². The molecule has 2 aliphatic rings. The van der Waals surface area contributed by atoms with Crippen molar-refractivity contribution in [3.05, 3.63) is 138 Å². The van der Waals surface area contributed by atoms with Gasteiger partial charge in [0.1, 0.15) is 17.6 Å². The predicted molar refractivity (Wildman–Crippen MR) is 172 cm³/mol. The van der Waals surface area contributed by atoms with Crippen LogP contribution in [-0.4, -0.2) is 21.6 Å². The van der Waals surface area contributed by atoms with Gasteiger partial charge in [0.05, 0.1) is 16.9 Å². The van der Waals surface area contributed by atoms with Gasteiger partial charge in [0.25, 0.3) is 0 Å². The van der Waals surface area contributed by atoms with Gasteiger partial charge >= 0.3 is 0 Å². The molecule has 2 unspecified atom stereocenters. The van der Waals surface area contributed by atoms with Crippen LogP contribution in [-0.2, 0) is 0 Å². The summed E-state index contributed by atoms with van der Waals surface area (Å²) in [5.74, 6) is 1.09. The average molecular weight is 545 g/mol. The van der Waals surface area contributed by atoms with Crippen LogP contribution < -0.4 is 4.90 Å². The van der Waals surface area contributed by atoms with Crippen molar-refractivity contribution in [3.8, 4) is 11.3 Å². The molecule has 4 aromatic carbocycles. The lowest BCUT2D eigenvalue weighted by Gasteiger charge is -2.29. The van der Waals surface area contributed by atoms with Crippen LogP contribution in [0, 0.1) is 0 Å². The molecule has 0 bridgehead atoms. The number of hydrogen-bond donors (Lipinski definition) is 0. The molecule has 194 valence electrons. The maximum Gasteiger partial charge on any atom is 0.147 e. The second-order valence-electron chi connectivity index (χ2n) is 10.6. The second-order valence-corrected chi connectivity index (χ2v) is 11.5. The number of aromatic nitrogens is 2. The van der Waals surface area contributed by atoms with E-state index in [1.165, 1.54) is 32.4 Å². The summed E-state index contributed by atoms with van der Waals surface area (Å²) in [5, 5.41) is 5.87.